The van der Waals surface area contributed by atoms with Crippen molar-refractivity contribution < 1.29 is 22.5 Å². The van der Waals surface area contributed by atoms with Crippen LogP contribution in [0, 0.1) is 0 Å². The lowest BCUT2D eigenvalue weighted by Gasteiger charge is -2.19. The van der Waals surface area contributed by atoms with Crippen molar-refractivity contribution in [2.75, 3.05) is 5.32 Å². The van der Waals surface area contributed by atoms with Gasteiger partial charge in [-0.3, -0.25) is 9.87 Å². The van der Waals surface area contributed by atoms with E-state index in [0.29, 0.717) is 18.7 Å². The highest BCUT2D eigenvalue weighted by molar-refractivity contribution is 7.86. The number of aromatic nitrogens is 1. The predicted octanol–water partition coefficient (Wildman–Crippen LogP) is 1.92. The summed E-state index contributed by atoms with van der Waals surface area (Å²) in [5.74, 6) is 0.343. The zero-order chi connectivity index (χ0) is 17.7. The van der Waals surface area contributed by atoms with Gasteiger partial charge in [0.15, 0.2) is 0 Å². The maximum absolute atomic E-state index is 11.7. The van der Waals surface area contributed by atoms with E-state index >= 15 is 0 Å². The standard InChI is InChI=1S/C14H23N3O5S/c1-14(2,3)22-13(18)17-12-9-10(7-8-16-12)5-4-6-11(15)23(19,20)21/h7-9,11H,4-6,15H2,1-3H3,(H,16,17,18)(H,19,20,21). The first-order chi connectivity index (χ1) is 10.5. The van der Waals surface area contributed by atoms with Gasteiger partial charge in [-0.25, -0.2) is 9.78 Å². The number of ether oxygens (including phenoxy) is 1. The Labute approximate surface area is 136 Å². The molecular formula is C14H23N3O5S. The number of anilines is 1. The summed E-state index contributed by atoms with van der Waals surface area (Å²) in [5, 5.41) is 1.24. The van der Waals surface area contributed by atoms with Crippen molar-refractivity contribution in [3.63, 3.8) is 0 Å². The van der Waals surface area contributed by atoms with E-state index < -0.39 is 27.2 Å². The number of aryl methyl sites for hydroxylation is 1. The van der Waals surface area contributed by atoms with Crippen LogP contribution in [0.4, 0.5) is 10.6 Å². The number of pyridine rings is 1. The number of nitrogens with one attached hydrogen (secondary N) is 1. The molecule has 1 aromatic heterocycles. The van der Waals surface area contributed by atoms with Gasteiger partial charge in [-0.05, 0) is 57.7 Å². The van der Waals surface area contributed by atoms with Crippen LogP contribution in [0.5, 0.6) is 0 Å². The van der Waals surface area contributed by atoms with Gasteiger partial charge in [-0.2, -0.15) is 8.42 Å². The van der Waals surface area contributed by atoms with E-state index in [4.69, 9.17) is 15.0 Å². The molecule has 0 bridgehead atoms. The summed E-state index contributed by atoms with van der Waals surface area (Å²) < 4.78 is 35.6. The van der Waals surface area contributed by atoms with Crippen LogP contribution in [0.25, 0.3) is 0 Å². The van der Waals surface area contributed by atoms with Crippen molar-refractivity contribution in [2.45, 2.75) is 51.0 Å². The number of hydrogen-bond donors (Lipinski definition) is 3. The Morgan fingerprint density at radius 3 is 2.70 bits per heavy atom. The molecule has 4 N–H and O–H groups in total. The number of hydrogen-bond acceptors (Lipinski definition) is 6. The predicted molar refractivity (Wildman–Crippen MR) is 86.6 cm³/mol. The summed E-state index contributed by atoms with van der Waals surface area (Å²) in [7, 11) is -4.21. The molecule has 0 aliphatic carbocycles. The Bertz CT molecular complexity index is 640. The number of nitrogens with two attached hydrogens (primary N) is 1. The van der Waals surface area contributed by atoms with E-state index in [1.165, 1.54) is 6.20 Å². The molecule has 1 aromatic rings. The van der Waals surface area contributed by atoms with E-state index in [0.717, 1.165) is 5.56 Å². The Kier molecular flexibility index (Phi) is 6.48. The molecule has 1 unspecified atom stereocenters. The quantitative estimate of drug-likeness (QED) is 0.671. The van der Waals surface area contributed by atoms with E-state index in [-0.39, 0.29) is 6.42 Å². The highest BCUT2D eigenvalue weighted by Crippen LogP contribution is 2.13. The third-order valence-electron chi connectivity index (χ3n) is 2.79. The average molecular weight is 345 g/mol. The average Bonchev–Trinajstić information content (AvgIpc) is 2.35. The highest BCUT2D eigenvalue weighted by Gasteiger charge is 2.18. The molecule has 1 amide bonds. The fraction of sp³-hybridized carbons (Fsp3) is 0.571. The highest BCUT2D eigenvalue weighted by atomic mass is 32.2. The van der Waals surface area contributed by atoms with E-state index in [1.807, 2.05) is 0 Å². The van der Waals surface area contributed by atoms with Crippen molar-refractivity contribution in [3.05, 3.63) is 23.9 Å². The molecule has 0 aliphatic rings. The smallest absolute Gasteiger partial charge is 0.413 e. The second-order valence-electron chi connectivity index (χ2n) is 6.12. The number of carbonyl (C=O) groups excluding carboxylic acids is 1. The molecule has 0 saturated carbocycles. The molecule has 0 fully saturated rings. The van der Waals surface area contributed by atoms with Gasteiger partial charge in [0, 0.05) is 6.20 Å². The third-order valence-corrected chi connectivity index (χ3v) is 3.79. The van der Waals surface area contributed by atoms with Crippen molar-refractivity contribution in [1.82, 2.24) is 4.98 Å². The van der Waals surface area contributed by atoms with Gasteiger partial charge in [-0.15, -0.1) is 0 Å². The molecule has 0 spiro atoms. The zero-order valence-electron chi connectivity index (χ0n) is 13.4. The maximum atomic E-state index is 11.7. The minimum absolute atomic E-state index is 0.135. The van der Waals surface area contributed by atoms with Crippen molar-refractivity contribution in [2.24, 2.45) is 5.73 Å². The summed E-state index contributed by atoms with van der Waals surface area (Å²) in [6.07, 6.45) is 2.07. The second kappa shape index (κ2) is 7.71. The van der Waals surface area contributed by atoms with Gasteiger partial charge in [0.05, 0.1) is 0 Å². The van der Waals surface area contributed by atoms with Crippen LogP contribution in [0.15, 0.2) is 18.3 Å². The normalized spacial score (nSPS) is 13.4. The van der Waals surface area contributed by atoms with E-state index in [2.05, 4.69) is 10.3 Å². The molecule has 1 rings (SSSR count). The molecule has 0 aromatic carbocycles. The molecule has 1 atom stereocenters. The summed E-state index contributed by atoms with van der Waals surface area (Å²) >= 11 is 0. The lowest BCUT2D eigenvalue weighted by Crippen LogP contribution is -2.29. The van der Waals surface area contributed by atoms with Gasteiger partial charge in [0.2, 0.25) is 0 Å². The fourth-order valence-electron chi connectivity index (χ4n) is 1.76. The number of carbonyl (C=O) groups is 1. The van der Waals surface area contributed by atoms with Crippen LogP contribution in [-0.4, -0.2) is 35.0 Å². The summed E-state index contributed by atoms with van der Waals surface area (Å²) in [4.78, 5) is 15.7. The molecule has 0 saturated heterocycles. The summed E-state index contributed by atoms with van der Waals surface area (Å²) in [5.41, 5.74) is 5.60. The van der Waals surface area contributed by atoms with E-state index in [9.17, 15) is 13.2 Å². The Balaban J connectivity index is 2.55. The van der Waals surface area contributed by atoms with Crippen LogP contribution >= 0.6 is 0 Å². The number of amides is 1. The fourth-order valence-corrected chi connectivity index (χ4v) is 2.23. The minimum Gasteiger partial charge on any atom is -0.444 e. The molecule has 0 radical (unpaired) electrons. The van der Waals surface area contributed by atoms with Crippen LogP contribution in [0.3, 0.4) is 0 Å². The van der Waals surface area contributed by atoms with Gasteiger partial charge in [0.1, 0.15) is 16.8 Å². The first-order valence-corrected chi connectivity index (χ1v) is 8.64. The lowest BCUT2D eigenvalue weighted by molar-refractivity contribution is 0.0635. The monoisotopic (exact) mass is 345 g/mol. The van der Waals surface area contributed by atoms with Crippen LogP contribution < -0.4 is 11.1 Å². The second-order valence-corrected chi connectivity index (χ2v) is 7.76. The molecule has 8 nitrogen and oxygen atoms in total. The Morgan fingerprint density at radius 2 is 2.13 bits per heavy atom. The topological polar surface area (TPSA) is 132 Å². The van der Waals surface area contributed by atoms with Gasteiger partial charge < -0.3 is 10.5 Å². The van der Waals surface area contributed by atoms with Gasteiger partial charge in [0.25, 0.3) is 10.1 Å². The third kappa shape index (κ3) is 7.91. The van der Waals surface area contributed by atoms with Gasteiger partial charge in [-0.1, -0.05) is 0 Å². The Morgan fingerprint density at radius 1 is 1.48 bits per heavy atom. The van der Waals surface area contributed by atoms with Crippen LogP contribution in [0.1, 0.15) is 39.2 Å². The van der Waals surface area contributed by atoms with Crippen LogP contribution in [0.2, 0.25) is 0 Å². The molecule has 130 valence electrons. The summed E-state index contributed by atoms with van der Waals surface area (Å²) in [6, 6.07) is 3.42. The van der Waals surface area contributed by atoms with Crippen molar-refractivity contribution in [1.29, 1.82) is 0 Å². The summed E-state index contributed by atoms with van der Waals surface area (Å²) in [6.45, 7) is 5.28. The van der Waals surface area contributed by atoms with Crippen LogP contribution in [-0.2, 0) is 21.3 Å². The SMILES string of the molecule is CC(C)(C)OC(=O)Nc1cc(CCCC(N)S(=O)(=O)O)ccn1. The zero-order valence-corrected chi connectivity index (χ0v) is 14.3. The van der Waals surface area contributed by atoms with E-state index in [1.54, 1.807) is 32.9 Å². The first-order valence-electron chi connectivity index (χ1n) is 7.14. The number of rotatable bonds is 6. The lowest BCUT2D eigenvalue weighted by atomic mass is 10.1. The van der Waals surface area contributed by atoms with Crippen molar-refractivity contribution >= 4 is 22.0 Å². The largest absolute Gasteiger partial charge is 0.444 e. The molecule has 23 heavy (non-hydrogen) atoms. The molecule has 1 heterocycles. The molecular weight excluding hydrogens is 322 g/mol. The molecule has 9 heteroatoms. The minimum atomic E-state index is -4.21. The molecule has 0 aliphatic heterocycles. The van der Waals surface area contributed by atoms with Crippen molar-refractivity contribution in [3.8, 4) is 0 Å². The Hall–Kier alpha value is -1.71. The number of nitrogens with zero attached hydrogens (tertiary/aromatic N) is 1. The van der Waals surface area contributed by atoms with Gasteiger partial charge >= 0.3 is 6.09 Å². The first kappa shape index (κ1) is 19.3. The maximum Gasteiger partial charge on any atom is 0.413 e.